The van der Waals surface area contributed by atoms with Gasteiger partial charge in [0.05, 0.1) is 23.6 Å². The van der Waals surface area contributed by atoms with E-state index in [1.54, 1.807) is 6.07 Å². The summed E-state index contributed by atoms with van der Waals surface area (Å²) in [5.41, 5.74) is 4.79. The molecule has 2 aromatic rings. The molecule has 1 heterocycles. The Bertz CT molecular complexity index is 1270. The number of rotatable bonds is 5. The van der Waals surface area contributed by atoms with Crippen LogP contribution >= 0.6 is 0 Å². The number of alkyl halides is 3. The largest absolute Gasteiger partial charge is 0.406 e. The van der Waals surface area contributed by atoms with Crippen LogP contribution in [0.5, 0.6) is 0 Å². The first-order chi connectivity index (χ1) is 16.5. The summed E-state index contributed by atoms with van der Waals surface area (Å²) in [6, 6.07) is 5.95. The predicted molar refractivity (Wildman–Crippen MR) is 116 cm³/mol. The summed E-state index contributed by atoms with van der Waals surface area (Å²) in [7, 11) is 1.32. The Kier molecular flexibility index (Phi) is 7.19. The van der Waals surface area contributed by atoms with Crippen molar-refractivity contribution in [2.75, 3.05) is 18.9 Å². The Balaban J connectivity index is 2.21. The Hall–Kier alpha value is -4.27. The molecule has 2 atom stereocenters. The Labute approximate surface area is 196 Å². The van der Waals surface area contributed by atoms with E-state index in [0.29, 0.717) is 4.90 Å². The third kappa shape index (κ3) is 5.46. The van der Waals surface area contributed by atoms with E-state index >= 15 is 0 Å². The number of carbonyl (C=O) groups excluding carboxylic acids is 2. The van der Waals surface area contributed by atoms with Gasteiger partial charge < -0.3 is 16.0 Å². The van der Waals surface area contributed by atoms with Crippen LogP contribution in [0.3, 0.4) is 0 Å². The number of benzene rings is 2. The lowest BCUT2D eigenvalue weighted by Crippen LogP contribution is -2.55. The van der Waals surface area contributed by atoms with E-state index in [1.807, 2.05) is 0 Å². The van der Waals surface area contributed by atoms with Gasteiger partial charge in [-0.15, -0.1) is 0 Å². The zero-order valence-corrected chi connectivity index (χ0v) is 18.1. The smallest absolute Gasteiger partial charge is 0.404 e. The second kappa shape index (κ2) is 9.92. The monoisotopic (exact) mass is 491 g/mol. The first-order valence-corrected chi connectivity index (χ1v) is 10.0. The quantitative estimate of drug-likeness (QED) is 0.493. The van der Waals surface area contributed by atoms with Gasteiger partial charge in [0, 0.05) is 36.3 Å². The summed E-state index contributed by atoms with van der Waals surface area (Å²) >= 11 is 0. The summed E-state index contributed by atoms with van der Waals surface area (Å²) in [6.07, 6.45) is -2.85. The van der Waals surface area contributed by atoms with Gasteiger partial charge in [0.2, 0.25) is 5.91 Å². The van der Waals surface area contributed by atoms with Crippen molar-refractivity contribution in [3.63, 3.8) is 0 Å². The van der Waals surface area contributed by atoms with Crippen molar-refractivity contribution in [2.24, 2.45) is 10.7 Å². The van der Waals surface area contributed by atoms with Crippen LogP contribution in [0, 0.1) is 23.0 Å². The molecule has 0 bridgehead atoms. The first kappa shape index (κ1) is 25.4. The molecule has 182 valence electrons. The van der Waals surface area contributed by atoms with Gasteiger partial charge in [0.25, 0.3) is 5.91 Å². The number of hydrogen-bond acceptors (Lipinski definition) is 5. The highest BCUT2D eigenvalue weighted by molar-refractivity contribution is 6.06. The van der Waals surface area contributed by atoms with Crippen LogP contribution < -0.4 is 11.1 Å². The summed E-state index contributed by atoms with van der Waals surface area (Å²) < 4.78 is 68.3. The van der Waals surface area contributed by atoms with Gasteiger partial charge in [0.1, 0.15) is 18.2 Å². The van der Waals surface area contributed by atoms with E-state index in [1.165, 1.54) is 7.05 Å². The third-order valence-electron chi connectivity index (χ3n) is 5.23. The molecule has 1 aliphatic rings. The second-order valence-corrected chi connectivity index (χ2v) is 7.59. The standard InChI is InChI=1S/C23H18F5N5O2/c1-31-10-13(9-30)20-19(21(34)32-16-5-12(8-29)4-15(25)6-16)17-3-2-14(24)7-18(17)22(35)33(20)11-23(26,27)28/h2-7,9-10,19-20H,11,30H2,1H3,(H,32,34)/t19-,20+/m1/s1. The average Bonchev–Trinajstić information content (AvgIpc) is 2.78. The van der Waals surface area contributed by atoms with Gasteiger partial charge in [-0.3, -0.25) is 14.6 Å². The number of nitrogens with one attached hydrogen (secondary N) is 1. The van der Waals surface area contributed by atoms with Crippen LogP contribution in [0.4, 0.5) is 27.6 Å². The molecule has 0 fully saturated rings. The highest BCUT2D eigenvalue weighted by Crippen LogP contribution is 2.39. The van der Waals surface area contributed by atoms with E-state index in [9.17, 15) is 31.5 Å². The minimum Gasteiger partial charge on any atom is -0.404 e. The zero-order chi connectivity index (χ0) is 25.9. The molecule has 0 saturated carbocycles. The van der Waals surface area contributed by atoms with E-state index in [2.05, 4.69) is 10.3 Å². The van der Waals surface area contributed by atoms with Crippen molar-refractivity contribution in [3.8, 4) is 6.07 Å². The van der Waals surface area contributed by atoms with Crippen LogP contribution in [0.1, 0.15) is 27.4 Å². The molecule has 0 aromatic heterocycles. The first-order valence-electron chi connectivity index (χ1n) is 10.0. The molecule has 7 nitrogen and oxygen atoms in total. The molecule has 3 rings (SSSR count). The van der Waals surface area contributed by atoms with Crippen LogP contribution in [0.2, 0.25) is 0 Å². The Morgan fingerprint density at radius 3 is 2.54 bits per heavy atom. The van der Waals surface area contributed by atoms with Gasteiger partial charge in [-0.1, -0.05) is 6.07 Å². The molecule has 3 N–H and O–H groups in total. The lowest BCUT2D eigenvalue weighted by Gasteiger charge is -2.42. The van der Waals surface area contributed by atoms with Crippen LogP contribution in [0.15, 0.2) is 53.2 Å². The Morgan fingerprint density at radius 1 is 1.23 bits per heavy atom. The topological polar surface area (TPSA) is 112 Å². The lowest BCUT2D eigenvalue weighted by atomic mass is 9.79. The molecule has 2 amide bonds. The number of anilines is 1. The highest BCUT2D eigenvalue weighted by atomic mass is 19.4. The van der Waals surface area contributed by atoms with E-state index in [-0.39, 0.29) is 22.4 Å². The lowest BCUT2D eigenvalue weighted by molar-refractivity contribution is -0.146. The summed E-state index contributed by atoms with van der Waals surface area (Å²) in [4.78, 5) is 30.6. The molecule has 2 aromatic carbocycles. The number of hydrogen-bond donors (Lipinski definition) is 2. The number of nitrogens with two attached hydrogens (primary N) is 1. The molecule has 0 spiro atoms. The van der Waals surface area contributed by atoms with Crippen LogP contribution in [-0.2, 0) is 4.79 Å². The number of aliphatic imine (C=N–C) groups is 1. The fourth-order valence-electron chi connectivity index (χ4n) is 3.95. The minimum atomic E-state index is -4.87. The Morgan fingerprint density at radius 2 is 1.94 bits per heavy atom. The SMILES string of the molecule is CN=CC(=CN)[C@H]1[C@H](C(=O)Nc2cc(F)cc(C#N)c2)c2ccc(F)cc2C(=O)N1CC(F)(F)F. The summed E-state index contributed by atoms with van der Waals surface area (Å²) in [6.45, 7) is -1.76. The molecule has 0 saturated heterocycles. The fourth-order valence-corrected chi connectivity index (χ4v) is 3.95. The number of amides is 2. The zero-order valence-electron chi connectivity index (χ0n) is 18.1. The summed E-state index contributed by atoms with van der Waals surface area (Å²) in [5, 5.41) is 11.4. The van der Waals surface area contributed by atoms with E-state index < -0.39 is 53.7 Å². The van der Waals surface area contributed by atoms with Crippen molar-refractivity contribution in [1.29, 1.82) is 5.26 Å². The third-order valence-corrected chi connectivity index (χ3v) is 5.23. The maximum Gasteiger partial charge on any atom is 0.406 e. The van der Waals surface area contributed by atoms with E-state index in [4.69, 9.17) is 11.0 Å². The maximum atomic E-state index is 14.0. The van der Waals surface area contributed by atoms with Crippen molar-refractivity contribution in [2.45, 2.75) is 18.1 Å². The molecular formula is C23H18F5N5O2. The maximum absolute atomic E-state index is 14.0. The molecular weight excluding hydrogens is 473 g/mol. The molecule has 0 unspecified atom stereocenters. The van der Waals surface area contributed by atoms with Gasteiger partial charge in [-0.05, 0) is 35.9 Å². The molecule has 0 aliphatic carbocycles. The fraction of sp³-hybridized carbons (Fsp3) is 0.217. The number of carbonyl (C=O) groups is 2. The predicted octanol–water partition coefficient (Wildman–Crippen LogP) is 3.49. The molecule has 35 heavy (non-hydrogen) atoms. The molecule has 0 radical (unpaired) electrons. The van der Waals surface area contributed by atoms with Crippen molar-refractivity contribution >= 4 is 23.7 Å². The number of nitrogens with zero attached hydrogens (tertiary/aromatic N) is 3. The van der Waals surface area contributed by atoms with Gasteiger partial charge in [-0.25, -0.2) is 8.78 Å². The summed E-state index contributed by atoms with van der Waals surface area (Å²) in [5.74, 6) is -5.35. The normalized spacial score (nSPS) is 18.4. The number of nitriles is 1. The van der Waals surface area contributed by atoms with Crippen LogP contribution in [0.25, 0.3) is 0 Å². The second-order valence-electron chi connectivity index (χ2n) is 7.59. The molecule has 1 aliphatic heterocycles. The van der Waals surface area contributed by atoms with Crippen molar-refractivity contribution in [1.82, 2.24) is 4.90 Å². The van der Waals surface area contributed by atoms with Gasteiger partial charge in [0.15, 0.2) is 0 Å². The van der Waals surface area contributed by atoms with Crippen LogP contribution in [-0.4, -0.2) is 48.7 Å². The van der Waals surface area contributed by atoms with E-state index in [0.717, 1.165) is 48.8 Å². The number of halogens is 5. The molecule has 12 heteroatoms. The van der Waals surface area contributed by atoms with Gasteiger partial charge >= 0.3 is 6.18 Å². The van der Waals surface area contributed by atoms with Crippen molar-refractivity contribution < 1.29 is 31.5 Å². The van der Waals surface area contributed by atoms with Gasteiger partial charge in [-0.2, -0.15) is 18.4 Å². The average molecular weight is 491 g/mol. The number of fused-ring (bicyclic) bond motifs is 1. The highest BCUT2D eigenvalue weighted by Gasteiger charge is 2.48. The minimum absolute atomic E-state index is 0.0573. The van der Waals surface area contributed by atoms with Crippen molar-refractivity contribution in [3.05, 3.63) is 76.5 Å².